The zero-order valence-electron chi connectivity index (χ0n) is 11.0. The van der Waals surface area contributed by atoms with Gasteiger partial charge in [0.1, 0.15) is 12.4 Å². The summed E-state index contributed by atoms with van der Waals surface area (Å²) in [5.41, 5.74) is 0. The van der Waals surface area contributed by atoms with E-state index in [4.69, 9.17) is 4.74 Å². The van der Waals surface area contributed by atoms with E-state index >= 15 is 0 Å². The fourth-order valence-electron chi connectivity index (χ4n) is 2.48. The lowest BCUT2D eigenvalue weighted by molar-refractivity contribution is 0.284. The molecule has 2 nitrogen and oxygen atoms in total. The topological polar surface area (TPSA) is 12.2 Å². The lowest BCUT2D eigenvalue weighted by Crippen LogP contribution is -2.16. The molecule has 0 N–H and O–H groups in total. The highest BCUT2D eigenvalue weighted by atomic mass is 16.5. The average Bonchev–Trinajstić information content (AvgIpc) is 3.16. The third-order valence-corrected chi connectivity index (χ3v) is 3.60. The van der Waals surface area contributed by atoms with E-state index in [1.807, 2.05) is 0 Å². The molecule has 0 amide bonds. The van der Waals surface area contributed by atoms with Crippen LogP contribution in [0.25, 0.3) is 10.8 Å². The maximum Gasteiger partial charge on any atom is 0.127 e. The molecule has 0 saturated carbocycles. The summed E-state index contributed by atoms with van der Waals surface area (Å²) >= 11 is 0. The summed E-state index contributed by atoms with van der Waals surface area (Å²) in [7, 11) is 0. The molecule has 1 heterocycles. The molecule has 2 aromatic rings. The van der Waals surface area contributed by atoms with E-state index in [0.717, 1.165) is 12.4 Å². The number of ether oxygens (including phenoxy) is 1. The first kappa shape index (κ1) is 11.5. The molecule has 1 unspecified atom stereocenters. The highest BCUT2D eigenvalue weighted by molar-refractivity contribution is 5.88. The van der Waals surface area contributed by atoms with Crippen molar-refractivity contribution in [2.75, 3.05) is 13.2 Å². The van der Waals surface area contributed by atoms with Crippen molar-refractivity contribution < 1.29 is 4.74 Å². The predicted octanol–water partition coefficient (Wildman–Crippen LogP) is 3.31. The molecule has 18 heavy (non-hydrogen) atoms. The van der Waals surface area contributed by atoms with Gasteiger partial charge in [-0.3, -0.25) is 4.90 Å². The van der Waals surface area contributed by atoms with Gasteiger partial charge in [0.25, 0.3) is 0 Å². The zero-order chi connectivity index (χ0) is 12.5. The summed E-state index contributed by atoms with van der Waals surface area (Å²) in [6.45, 7) is 6.43. The van der Waals surface area contributed by atoms with Crippen LogP contribution in [0.4, 0.5) is 0 Å². The Kier molecular flexibility index (Phi) is 2.96. The summed E-state index contributed by atoms with van der Waals surface area (Å²) < 4.78 is 5.98. The first-order valence-electron chi connectivity index (χ1n) is 6.62. The largest absolute Gasteiger partial charge is 0.491 e. The molecule has 0 aliphatic carbocycles. The van der Waals surface area contributed by atoms with Crippen LogP contribution in [0.1, 0.15) is 13.8 Å². The Morgan fingerprint density at radius 3 is 2.72 bits per heavy atom. The normalized spacial score (nSPS) is 22.4. The third kappa shape index (κ3) is 2.21. The molecule has 0 bridgehead atoms. The van der Waals surface area contributed by atoms with Gasteiger partial charge in [-0.05, 0) is 25.3 Å². The lowest BCUT2D eigenvalue weighted by atomic mass is 10.1. The Labute approximate surface area is 108 Å². The van der Waals surface area contributed by atoms with Gasteiger partial charge < -0.3 is 4.74 Å². The molecule has 2 aromatic carbocycles. The van der Waals surface area contributed by atoms with Crippen LogP contribution < -0.4 is 4.74 Å². The smallest absolute Gasteiger partial charge is 0.127 e. The number of benzene rings is 2. The van der Waals surface area contributed by atoms with Gasteiger partial charge in [0, 0.05) is 18.0 Å². The van der Waals surface area contributed by atoms with E-state index in [-0.39, 0.29) is 0 Å². The second-order valence-electron chi connectivity index (χ2n) is 5.23. The molecular weight excluding hydrogens is 222 g/mol. The van der Waals surface area contributed by atoms with Crippen molar-refractivity contribution in [1.82, 2.24) is 4.90 Å². The van der Waals surface area contributed by atoms with E-state index in [2.05, 4.69) is 61.2 Å². The van der Waals surface area contributed by atoms with Crippen LogP contribution in [0.3, 0.4) is 0 Å². The lowest BCUT2D eigenvalue weighted by Gasteiger charge is -2.10. The van der Waals surface area contributed by atoms with Gasteiger partial charge in [0.15, 0.2) is 0 Å². The van der Waals surface area contributed by atoms with Gasteiger partial charge in [0.2, 0.25) is 0 Å². The maximum atomic E-state index is 5.98. The monoisotopic (exact) mass is 241 g/mol. The van der Waals surface area contributed by atoms with Crippen molar-refractivity contribution in [1.29, 1.82) is 0 Å². The first-order valence-corrected chi connectivity index (χ1v) is 6.62. The standard InChI is InChI=1S/C16H19NO/c1-12(2)17-10-14(17)11-18-16-9-5-7-13-6-3-4-8-15(13)16/h3-9,12,14H,10-11H2,1-2H3/t14-,17?/m0/s1. The summed E-state index contributed by atoms with van der Waals surface area (Å²) in [4.78, 5) is 2.45. The SMILES string of the molecule is CC(C)N1C[C@H]1COc1cccc2ccccc12. The molecule has 0 aromatic heterocycles. The summed E-state index contributed by atoms with van der Waals surface area (Å²) in [6, 6.07) is 15.8. The summed E-state index contributed by atoms with van der Waals surface area (Å²) in [5, 5.41) is 2.45. The van der Waals surface area contributed by atoms with E-state index in [1.165, 1.54) is 17.3 Å². The molecule has 0 radical (unpaired) electrons. The molecule has 2 heteroatoms. The number of rotatable bonds is 4. The molecule has 2 atom stereocenters. The number of hydrogen-bond donors (Lipinski definition) is 0. The minimum Gasteiger partial charge on any atom is -0.491 e. The van der Waals surface area contributed by atoms with Gasteiger partial charge in [-0.1, -0.05) is 36.4 Å². The van der Waals surface area contributed by atoms with Crippen molar-refractivity contribution >= 4 is 10.8 Å². The van der Waals surface area contributed by atoms with E-state index < -0.39 is 0 Å². The van der Waals surface area contributed by atoms with Crippen LogP contribution in [-0.2, 0) is 0 Å². The second kappa shape index (κ2) is 4.62. The average molecular weight is 241 g/mol. The van der Waals surface area contributed by atoms with Gasteiger partial charge in [0.05, 0.1) is 6.04 Å². The van der Waals surface area contributed by atoms with Crippen molar-refractivity contribution in [3.8, 4) is 5.75 Å². The molecule has 3 rings (SSSR count). The molecule has 1 fully saturated rings. The number of nitrogens with zero attached hydrogens (tertiary/aromatic N) is 1. The Hall–Kier alpha value is -1.54. The Morgan fingerprint density at radius 1 is 1.17 bits per heavy atom. The van der Waals surface area contributed by atoms with Crippen LogP contribution in [0, 0.1) is 0 Å². The highest BCUT2D eigenvalue weighted by Crippen LogP contribution is 2.27. The summed E-state index contributed by atoms with van der Waals surface area (Å²) in [5.74, 6) is 1.00. The molecule has 1 saturated heterocycles. The van der Waals surface area contributed by atoms with Crippen LogP contribution in [-0.4, -0.2) is 30.1 Å². The van der Waals surface area contributed by atoms with Crippen LogP contribution in [0.2, 0.25) is 0 Å². The Bertz CT molecular complexity index is 544. The van der Waals surface area contributed by atoms with Crippen LogP contribution in [0.15, 0.2) is 42.5 Å². The van der Waals surface area contributed by atoms with Gasteiger partial charge in [-0.25, -0.2) is 0 Å². The summed E-state index contributed by atoms with van der Waals surface area (Å²) in [6.07, 6.45) is 0. The number of fused-ring (bicyclic) bond motifs is 1. The minimum absolute atomic E-state index is 0.601. The molecule has 1 aliphatic rings. The third-order valence-electron chi connectivity index (χ3n) is 3.60. The van der Waals surface area contributed by atoms with E-state index in [1.54, 1.807) is 0 Å². The van der Waals surface area contributed by atoms with Crippen LogP contribution in [0.5, 0.6) is 5.75 Å². The van der Waals surface area contributed by atoms with Crippen molar-refractivity contribution in [3.63, 3.8) is 0 Å². The fourth-order valence-corrected chi connectivity index (χ4v) is 2.48. The van der Waals surface area contributed by atoms with Gasteiger partial charge in [-0.2, -0.15) is 0 Å². The first-order chi connectivity index (χ1) is 8.75. The highest BCUT2D eigenvalue weighted by Gasteiger charge is 2.36. The van der Waals surface area contributed by atoms with E-state index in [9.17, 15) is 0 Å². The van der Waals surface area contributed by atoms with Crippen molar-refractivity contribution in [2.24, 2.45) is 0 Å². The Balaban J connectivity index is 1.72. The van der Waals surface area contributed by atoms with E-state index in [0.29, 0.717) is 12.1 Å². The van der Waals surface area contributed by atoms with Crippen molar-refractivity contribution in [3.05, 3.63) is 42.5 Å². The quantitative estimate of drug-likeness (QED) is 0.761. The maximum absolute atomic E-state index is 5.98. The second-order valence-corrected chi connectivity index (χ2v) is 5.23. The fraction of sp³-hybridized carbons (Fsp3) is 0.375. The molecular formula is C16H19NO. The van der Waals surface area contributed by atoms with Gasteiger partial charge >= 0.3 is 0 Å². The minimum atomic E-state index is 0.601. The Morgan fingerprint density at radius 2 is 1.94 bits per heavy atom. The van der Waals surface area contributed by atoms with Gasteiger partial charge in [-0.15, -0.1) is 0 Å². The van der Waals surface area contributed by atoms with Crippen molar-refractivity contribution in [2.45, 2.75) is 25.9 Å². The molecule has 1 aliphatic heterocycles. The molecule has 94 valence electrons. The predicted molar refractivity (Wildman–Crippen MR) is 75.1 cm³/mol. The zero-order valence-corrected chi connectivity index (χ0v) is 11.0. The molecule has 0 spiro atoms. The number of hydrogen-bond acceptors (Lipinski definition) is 2. The van der Waals surface area contributed by atoms with Crippen LogP contribution >= 0.6 is 0 Å².